The van der Waals surface area contributed by atoms with Gasteiger partial charge in [0, 0.05) is 11.8 Å². The van der Waals surface area contributed by atoms with Gasteiger partial charge in [0.15, 0.2) is 11.5 Å². The minimum Gasteiger partial charge on any atom is -0.490 e. The van der Waals surface area contributed by atoms with Gasteiger partial charge in [-0.1, -0.05) is 32.0 Å². The third-order valence-corrected chi connectivity index (χ3v) is 3.84. The van der Waals surface area contributed by atoms with Crippen LogP contribution < -0.4 is 14.8 Å². The van der Waals surface area contributed by atoms with Gasteiger partial charge in [0.2, 0.25) is 5.91 Å². The third-order valence-electron chi connectivity index (χ3n) is 3.84. The van der Waals surface area contributed by atoms with E-state index in [2.05, 4.69) is 19.2 Å². The zero-order valence-electron chi connectivity index (χ0n) is 15.9. The molecule has 4 nitrogen and oxygen atoms in total. The predicted octanol–water partition coefficient (Wildman–Crippen LogP) is 5.26. The van der Waals surface area contributed by atoms with Crippen molar-refractivity contribution >= 4 is 17.7 Å². The third kappa shape index (κ3) is 5.66. The van der Waals surface area contributed by atoms with E-state index in [1.54, 1.807) is 6.08 Å². The van der Waals surface area contributed by atoms with E-state index >= 15 is 0 Å². The molecule has 0 heterocycles. The second kappa shape index (κ2) is 9.66. The molecule has 1 amide bonds. The molecule has 0 atom stereocenters. The van der Waals surface area contributed by atoms with Gasteiger partial charge in [-0.2, -0.15) is 0 Å². The number of ether oxygens (including phenoxy) is 2. The van der Waals surface area contributed by atoms with Crippen molar-refractivity contribution in [3.63, 3.8) is 0 Å². The molecule has 0 aromatic heterocycles. The second-order valence-electron chi connectivity index (χ2n) is 6.17. The van der Waals surface area contributed by atoms with Gasteiger partial charge in [0.1, 0.15) is 0 Å². The van der Waals surface area contributed by atoms with Crippen molar-refractivity contribution in [2.75, 3.05) is 18.5 Å². The fourth-order valence-electron chi connectivity index (χ4n) is 2.48. The lowest BCUT2D eigenvalue weighted by molar-refractivity contribution is -0.111. The molecule has 138 valence electrons. The number of nitrogens with one attached hydrogen (secondary N) is 1. The molecular formula is C22H27NO3. The van der Waals surface area contributed by atoms with Crippen LogP contribution in [0.15, 0.2) is 48.5 Å². The Bertz CT molecular complexity index is 748. The smallest absolute Gasteiger partial charge is 0.248 e. The zero-order valence-corrected chi connectivity index (χ0v) is 15.9. The average Bonchev–Trinajstić information content (AvgIpc) is 2.62. The van der Waals surface area contributed by atoms with Crippen LogP contribution in [0.4, 0.5) is 5.69 Å². The molecule has 0 aliphatic carbocycles. The first kappa shape index (κ1) is 19.6. The van der Waals surface area contributed by atoms with Crippen molar-refractivity contribution in [1.29, 1.82) is 0 Å². The van der Waals surface area contributed by atoms with Crippen LogP contribution in [-0.4, -0.2) is 19.1 Å². The number of amides is 1. The molecule has 1 N–H and O–H groups in total. The van der Waals surface area contributed by atoms with E-state index in [0.29, 0.717) is 30.6 Å². The summed E-state index contributed by atoms with van der Waals surface area (Å²) in [6.07, 6.45) is 3.28. The normalized spacial score (nSPS) is 11.0. The van der Waals surface area contributed by atoms with Crippen LogP contribution in [0.25, 0.3) is 6.08 Å². The van der Waals surface area contributed by atoms with Gasteiger partial charge in [-0.15, -0.1) is 0 Å². The summed E-state index contributed by atoms with van der Waals surface area (Å²) in [5, 5.41) is 2.87. The van der Waals surface area contributed by atoms with E-state index in [-0.39, 0.29) is 5.91 Å². The molecule has 0 saturated heterocycles. The lowest BCUT2D eigenvalue weighted by Crippen LogP contribution is -2.07. The predicted molar refractivity (Wildman–Crippen MR) is 107 cm³/mol. The van der Waals surface area contributed by atoms with Crippen molar-refractivity contribution in [3.8, 4) is 11.5 Å². The molecule has 0 bridgehead atoms. The molecule has 2 aromatic rings. The number of hydrogen-bond acceptors (Lipinski definition) is 3. The zero-order chi connectivity index (χ0) is 18.9. The van der Waals surface area contributed by atoms with E-state index in [1.165, 1.54) is 11.6 Å². The van der Waals surface area contributed by atoms with Crippen molar-refractivity contribution in [2.24, 2.45) is 0 Å². The molecule has 0 spiro atoms. The Balaban J connectivity index is 2.03. The molecule has 2 aromatic carbocycles. The van der Waals surface area contributed by atoms with Crippen LogP contribution in [0.2, 0.25) is 0 Å². The molecular weight excluding hydrogens is 326 g/mol. The van der Waals surface area contributed by atoms with Gasteiger partial charge in [-0.25, -0.2) is 0 Å². The maximum Gasteiger partial charge on any atom is 0.248 e. The standard InChI is InChI=1S/C22H27NO3/c1-5-25-20-13-7-17(15-21(20)26-6-2)8-14-22(24)23-19-11-9-18(10-12-19)16(3)4/h7-16H,5-6H2,1-4H3,(H,23,24). The summed E-state index contributed by atoms with van der Waals surface area (Å²) in [5.74, 6) is 1.69. The van der Waals surface area contributed by atoms with Gasteiger partial charge in [-0.3, -0.25) is 4.79 Å². The summed E-state index contributed by atoms with van der Waals surface area (Å²) >= 11 is 0. The van der Waals surface area contributed by atoms with Gasteiger partial charge in [0.05, 0.1) is 13.2 Å². The average molecular weight is 353 g/mol. The highest BCUT2D eigenvalue weighted by molar-refractivity contribution is 6.01. The van der Waals surface area contributed by atoms with E-state index in [9.17, 15) is 4.79 Å². The Labute approximate surface area is 155 Å². The summed E-state index contributed by atoms with van der Waals surface area (Å²) in [4.78, 5) is 12.1. The SMILES string of the molecule is CCOc1ccc(C=CC(=O)Nc2ccc(C(C)C)cc2)cc1OCC. The monoisotopic (exact) mass is 353 g/mol. The molecule has 0 unspecified atom stereocenters. The minimum absolute atomic E-state index is 0.172. The van der Waals surface area contributed by atoms with Gasteiger partial charge < -0.3 is 14.8 Å². The molecule has 26 heavy (non-hydrogen) atoms. The highest BCUT2D eigenvalue weighted by Crippen LogP contribution is 2.29. The molecule has 0 aliphatic heterocycles. The lowest BCUT2D eigenvalue weighted by atomic mass is 10.0. The largest absolute Gasteiger partial charge is 0.490 e. The second-order valence-corrected chi connectivity index (χ2v) is 6.17. The van der Waals surface area contributed by atoms with Crippen LogP contribution in [0.5, 0.6) is 11.5 Å². The Kier molecular flexibility index (Phi) is 7.27. The first-order valence-corrected chi connectivity index (χ1v) is 9.02. The number of benzene rings is 2. The minimum atomic E-state index is -0.172. The topological polar surface area (TPSA) is 47.6 Å². The summed E-state index contributed by atoms with van der Waals surface area (Å²) in [7, 11) is 0. The maximum atomic E-state index is 12.1. The molecule has 0 aliphatic rings. The number of carbonyl (C=O) groups excluding carboxylic acids is 1. The quantitative estimate of drug-likeness (QED) is 0.659. The van der Waals surface area contributed by atoms with Gasteiger partial charge in [-0.05, 0) is 61.2 Å². The van der Waals surface area contributed by atoms with E-state index in [4.69, 9.17) is 9.47 Å². The van der Waals surface area contributed by atoms with Crippen LogP contribution in [0, 0.1) is 0 Å². The van der Waals surface area contributed by atoms with Crippen LogP contribution >= 0.6 is 0 Å². The maximum absolute atomic E-state index is 12.1. The van der Waals surface area contributed by atoms with Crippen LogP contribution in [-0.2, 0) is 4.79 Å². The van der Waals surface area contributed by atoms with Crippen LogP contribution in [0.3, 0.4) is 0 Å². The van der Waals surface area contributed by atoms with Crippen LogP contribution in [0.1, 0.15) is 44.7 Å². The van der Waals surface area contributed by atoms with Gasteiger partial charge in [0.25, 0.3) is 0 Å². The highest BCUT2D eigenvalue weighted by Gasteiger charge is 2.05. The first-order chi connectivity index (χ1) is 12.5. The lowest BCUT2D eigenvalue weighted by Gasteiger charge is -2.11. The number of hydrogen-bond donors (Lipinski definition) is 1. The van der Waals surface area contributed by atoms with E-state index in [1.807, 2.05) is 56.3 Å². The Morgan fingerprint density at radius 2 is 1.65 bits per heavy atom. The van der Waals surface area contributed by atoms with Crippen molar-refractivity contribution in [3.05, 3.63) is 59.7 Å². The Morgan fingerprint density at radius 3 is 2.27 bits per heavy atom. The van der Waals surface area contributed by atoms with Crippen molar-refractivity contribution in [1.82, 2.24) is 0 Å². The summed E-state index contributed by atoms with van der Waals surface area (Å²) in [5.41, 5.74) is 2.91. The fourth-order valence-corrected chi connectivity index (χ4v) is 2.48. The van der Waals surface area contributed by atoms with E-state index < -0.39 is 0 Å². The van der Waals surface area contributed by atoms with E-state index in [0.717, 1.165) is 11.3 Å². The molecule has 2 rings (SSSR count). The number of anilines is 1. The highest BCUT2D eigenvalue weighted by atomic mass is 16.5. The Morgan fingerprint density at radius 1 is 1.00 bits per heavy atom. The number of rotatable bonds is 8. The van der Waals surface area contributed by atoms with Gasteiger partial charge >= 0.3 is 0 Å². The van der Waals surface area contributed by atoms with Crippen molar-refractivity contribution < 1.29 is 14.3 Å². The first-order valence-electron chi connectivity index (χ1n) is 9.02. The Hall–Kier alpha value is -2.75. The fraction of sp³-hybridized carbons (Fsp3) is 0.318. The summed E-state index contributed by atoms with van der Waals surface area (Å²) in [6.45, 7) is 9.28. The summed E-state index contributed by atoms with van der Waals surface area (Å²) in [6, 6.07) is 13.5. The number of carbonyl (C=O) groups is 1. The summed E-state index contributed by atoms with van der Waals surface area (Å²) < 4.78 is 11.2. The molecule has 4 heteroatoms. The molecule has 0 saturated carbocycles. The molecule has 0 fully saturated rings. The van der Waals surface area contributed by atoms with Crippen molar-refractivity contribution in [2.45, 2.75) is 33.6 Å². The molecule has 0 radical (unpaired) electrons.